The molecule has 1 aliphatic rings. The molecule has 4 aromatic rings. The molecule has 0 bridgehead atoms. The maximum absolute atomic E-state index is 13.2. The van der Waals surface area contributed by atoms with Gasteiger partial charge in [0.25, 0.3) is 5.91 Å². The summed E-state index contributed by atoms with van der Waals surface area (Å²) in [6, 6.07) is 9.77. The lowest BCUT2D eigenvalue weighted by molar-refractivity contribution is 0.102. The van der Waals surface area contributed by atoms with Gasteiger partial charge in [-0.15, -0.1) is 0 Å². The third kappa shape index (κ3) is 3.63. The van der Waals surface area contributed by atoms with Crippen molar-refractivity contribution in [2.45, 2.75) is 32.2 Å². The minimum absolute atomic E-state index is 0.135. The van der Waals surface area contributed by atoms with Crippen LogP contribution in [0.3, 0.4) is 0 Å². The number of carbonyl (C=O) groups excluding carboxylic acids is 1. The molecule has 0 unspecified atom stereocenters. The van der Waals surface area contributed by atoms with Gasteiger partial charge in [-0.3, -0.25) is 14.2 Å². The van der Waals surface area contributed by atoms with Crippen molar-refractivity contribution < 1.29 is 4.79 Å². The Morgan fingerprint density at radius 2 is 2.03 bits per heavy atom. The highest BCUT2D eigenvalue weighted by molar-refractivity contribution is 9.10. The third-order valence-electron chi connectivity index (χ3n) is 5.39. The first kappa shape index (κ1) is 19.0. The van der Waals surface area contributed by atoms with Gasteiger partial charge in [0.1, 0.15) is 0 Å². The topological polar surface area (TPSA) is 77.6 Å². The standard InChI is InChI=1S/C22H21BrN6O/c1-13-20-18(9-19(15-5-6-15)26-21(20)28(2)27-13)22(30)25-17-7-3-14(4-8-17)11-29-12-16(23)10-24-29/h3-4,7-10,12,15H,5-6,11H2,1-2H3,(H,25,30). The summed E-state index contributed by atoms with van der Waals surface area (Å²) in [6.07, 6.45) is 5.95. The summed E-state index contributed by atoms with van der Waals surface area (Å²) in [5.41, 5.74) is 5.06. The number of benzene rings is 1. The van der Waals surface area contributed by atoms with Crippen molar-refractivity contribution in [1.29, 1.82) is 0 Å². The monoisotopic (exact) mass is 464 g/mol. The van der Waals surface area contributed by atoms with Crippen molar-refractivity contribution in [2.75, 3.05) is 5.32 Å². The summed E-state index contributed by atoms with van der Waals surface area (Å²) in [5.74, 6) is 0.321. The number of halogens is 1. The van der Waals surface area contributed by atoms with Crippen molar-refractivity contribution >= 4 is 38.6 Å². The molecule has 3 heterocycles. The highest BCUT2D eigenvalue weighted by atomic mass is 79.9. The Hall–Kier alpha value is -3.00. The molecule has 7 nitrogen and oxygen atoms in total. The molecular weight excluding hydrogens is 444 g/mol. The molecule has 0 radical (unpaired) electrons. The van der Waals surface area contributed by atoms with Gasteiger partial charge in [-0.1, -0.05) is 12.1 Å². The summed E-state index contributed by atoms with van der Waals surface area (Å²) in [4.78, 5) is 17.9. The molecule has 1 N–H and O–H groups in total. The quantitative estimate of drug-likeness (QED) is 0.474. The van der Waals surface area contributed by atoms with Gasteiger partial charge in [0.15, 0.2) is 5.65 Å². The van der Waals surface area contributed by atoms with Crippen molar-refractivity contribution in [1.82, 2.24) is 24.5 Å². The molecule has 0 spiro atoms. The van der Waals surface area contributed by atoms with Gasteiger partial charge >= 0.3 is 0 Å². The minimum Gasteiger partial charge on any atom is -0.322 e. The second-order valence-corrected chi connectivity index (χ2v) is 8.70. The molecule has 0 saturated heterocycles. The zero-order valence-electron chi connectivity index (χ0n) is 16.8. The van der Waals surface area contributed by atoms with Crippen LogP contribution in [0.1, 0.15) is 46.1 Å². The summed E-state index contributed by atoms with van der Waals surface area (Å²) in [5, 5.41) is 12.6. The number of anilines is 1. The SMILES string of the molecule is Cc1nn(C)c2nc(C3CC3)cc(C(=O)Nc3ccc(Cn4cc(Br)cn4)cc3)c12. The number of nitrogens with one attached hydrogen (secondary N) is 1. The van der Waals surface area contributed by atoms with Crippen LogP contribution in [0.4, 0.5) is 5.69 Å². The normalized spacial score (nSPS) is 13.7. The first-order valence-corrected chi connectivity index (χ1v) is 10.7. The second kappa shape index (κ2) is 7.36. The Morgan fingerprint density at radius 3 is 2.70 bits per heavy atom. The van der Waals surface area contributed by atoms with Crippen molar-refractivity contribution in [2.24, 2.45) is 7.05 Å². The van der Waals surface area contributed by atoms with Gasteiger partial charge in [0.05, 0.1) is 33.9 Å². The summed E-state index contributed by atoms with van der Waals surface area (Å²) >= 11 is 3.41. The largest absolute Gasteiger partial charge is 0.322 e. The van der Waals surface area contributed by atoms with Crippen LogP contribution >= 0.6 is 15.9 Å². The fraction of sp³-hybridized carbons (Fsp3) is 0.273. The molecule has 1 aliphatic carbocycles. The average Bonchev–Trinajstić information content (AvgIpc) is 3.44. The number of fused-ring (bicyclic) bond motifs is 1. The Labute approximate surface area is 182 Å². The van der Waals surface area contributed by atoms with Gasteiger partial charge in [-0.25, -0.2) is 4.98 Å². The molecule has 0 aliphatic heterocycles. The predicted octanol–water partition coefficient (Wildman–Crippen LogP) is 4.41. The number of hydrogen-bond donors (Lipinski definition) is 1. The van der Waals surface area contributed by atoms with Crippen LogP contribution in [0.5, 0.6) is 0 Å². The van der Waals surface area contributed by atoms with E-state index < -0.39 is 0 Å². The number of amides is 1. The van der Waals surface area contributed by atoms with Crippen LogP contribution in [-0.2, 0) is 13.6 Å². The fourth-order valence-corrected chi connectivity index (χ4v) is 4.06. The van der Waals surface area contributed by atoms with Crippen molar-refractivity contribution in [3.8, 4) is 0 Å². The van der Waals surface area contributed by atoms with E-state index in [-0.39, 0.29) is 5.91 Å². The summed E-state index contributed by atoms with van der Waals surface area (Å²) in [6.45, 7) is 2.59. The van der Waals surface area contributed by atoms with Gasteiger partial charge in [-0.2, -0.15) is 10.2 Å². The van der Waals surface area contributed by atoms with E-state index in [2.05, 4.69) is 31.4 Å². The lowest BCUT2D eigenvalue weighted by Gasteiger charge is -2.10. The first-order chi connectivity index (χ1) is 14.5. The zero-order chi connectivity index (χ0) is 20.8. The maximum Gasteiger partial charge on any atom is 0.256 e. The molecule has 1 saturated carbocycles. The zero-order valence-corrected chi connectivity index (χ0v) is 18.3. The molecule has 152 valence electrons. The molecule has 1 amide bonds. The highest BCUT2D eigenvalue weighted by Crippen LogP contribution is 2.40. The van der Waals surface area contributed by atoms with Gasteiger partial charge in [0, 0.05) is 30.5 Å². The van der Waals surface area contributed by atoms with Crippen molar-refractivity contribution in [3.05, 3.63) is 69.7 Å². The van der Waals surface area contributed by atoms with Crippen LogP contribution in [0.25, 0.3) is 11.0 Å². The molecule has 30 heavy (non-hydrogen) atoms. The van der Waals surface area contributed by atoms with Crippen LogP contribution < -0.4 is 5.32 Å². The van der Waals surface area contributed by atoms with Crippen LogP contribution in [0.15, 0.2) is 47.2 Å². The van der Waals surface area contributed by atoms with Crippen LogP contribution in [0, 0.1) is 6.92 Å². The van der Waals surface area contributed by atoms with Crippen LogP contribution in [-0.4, -0.2) is 30.5 Å². The van der Waals surface area contributed by atoms with E-state index in [9.17, 15) is 4.79 Å². The molecule has 1 fully saturated rings. The molecule has 5 rings (SSSR count). The van der Waals surface area contributed by atoms with Gasteiger partial charge in [0.2, 0.25) is 0 Å². The van der Waals surface area contributed by atoms with E-state index in [1.165, 1.54) is 0 Å². The number of aromatic nitrogens is 5. The molecule has 1 aromatic carbocycles. The molecule has 3 aromatic heterocycles. The van der Waals surface area contributed by atoms with E-state index in [1.807, 2.05) is 55.2 Å². The number of nitrogens with zero attached hydrogens (tertiary/aromatic N) is 5. The van der Waals surface area contributed by atoms with E-state index in [0.29, 0.717) is 18.0 Å². The maximum atomic E-state index is 13.2. The molecule has 0 atom stereocenters. The Kier molecular flexibility index (Phi) is 4.66. The summed E-state index contributed by atoms with van der Waals surface area (Å²) in [7, 11) is 1.87. The summed E-state index contributed by atoms with van der Waals surface area (Å²) < 4.78 is 4.57. The third-order valence-corrected chi connectivity index (χ3v) is 5.80. The van der Waals surface area contributed by atoms with E-state index in [0.717, 1.165) is 51.0 Å². The number of pyridine rings is 1. The molecular formula is C22H21BrN6O. The predicted molar refractivity (Wildman–Crippen MR) is 119 cm³/mol. The average molecular weight is 465 g/mol. The smallest absolute Gasteiger partial charge is 0.256 e. The Balaban J connectivity index is 1.40. The second-order valence-electron chi connectivity index (χ2n) is 7.78. The minimum atomic E-state index is -0.135. The Bertz CT molecular complexity index is 1250. The number of rotatable bonds is 5. The lowest BCUT2D eigenvalue weighted by atomic mass is 10.1. The van der Waals surface area contributed by atoms with E-state index in [4.69, 9.17) is 4.98 Å². The Morgan fingerprint density at radius 1 is 1.27 bits per heavy atom. The van der Waals surface area contributed by atoms with Gasteiger partial charge < -0.3 is 5.32 Å². The van der Waals surface area contributed by atoms with E-state index >= 15 is 0 Å². The lowest BCUT2D eigenvalue weighted by Crippen LogP contribution is -2.14. The van der Waals surface area contributed by atoms with Crippen molar-refractivity contribution in [3.63, 3.8) is 0 Å². The first-order valence-electron chi connectivity index (χ1n) is 9.90. The van der Waals surface area contributed by atoms with Crippen LogP contribution in [0.2, 0.25) is 0 Å². The number of hydrogen-bond acceptors (Lipinski definition) is 4. The fourth-order valence-electron chi connectivity index (χ4n) is 3.74. The molecule has 8 heteroatoms. The number of aryl methyl sites for hydroxylation is 2. The van der Waals surface area contributed by atoms with E-state index in [1.54, 1.807) is 10.9 Å². The number of carbonyl (C=O) groups is 1. The highest BCUT2D eigenvalue weighted by Gasteiger charge is 2.28. The van der Waals surface area contributed by atoms with Gasteiger partial charge in [-0.05, 0) is 59.5 Å².